The summed E-state index contributed by atoms with van der Waals surface area (Å²) >= 11 is 0. The highest BCUT2D eigenvalue weighted by Gasteiger charge is 2.19. The third kappa shape index (κ3) is 49.7. The van der Waals surface area contributed by atoms with Crippen molar-refractivity contribution in [1.82, 2.24) is 0 Å². The zero-order chi connectivity index (χ0) is 45.8. The van der Waals surface area contributed by atoms with Crippen molar-refractivity contribution in [3.05, 3.63) is 72.9 Å². The van der Waals surface area contributed by atoms with Gasteiger partial charge in [0.25, 0.3) is 0 Å². The molecular weight excluding hydrogens is 781 g/mol. The van der Waals surface area contributed by atoms with Gasteiger partial charge in [0, 0.05) is 19.3 Å². The van der Waals surface area contributed by atoms with Crippen molar-refractivity contribution in [3.63, 3.8) is 0 Å². The van der Waals surface area contributed by atoms with E-state index in [0.717, 1.165) is 109 Å². The standard InChI is InChI=1S/C57H98O6/c1-4-7-10-13-16-19-22-24-26-28-30-32-35-37-40-43-46-49-55(58)61-52-54(63-57(60)51-48-45-42-39-34-21-18-15-12-9-6-3)53-62-56(59)50-47-44-41-38-36-33-31-29-27-25-23-20-17-14-11-8-5-2/h7,10,16-17,19-20,24-27,30,32,54H,4-6,8-9,11-15,18,21-23,28-29,31,33-53H2,1-3H3/b10-7-,19-16-,20-17-,26-24-,27-25-,32-30-/t54-/m1/s1. The molecule has 0 amide bonds. The van der Waals surface area contributed by atoms with Crippen molar-refractivity contribution in [2.75, 3.05) is 13.2 Å². The summed E-state index contributed by atoms with van der Waals surface area (Å²) in [4.78, 5) is 38.0. The summed E-state index contributed by atoms with van der Waals surface area (Å²) in [7, 11) is 0. The fraction of sp³-hybridized carbons (Fsp3) is 0.737. The van der Waals surface area contributed by atoms with Crippen molar-refractivity contribution in [3.8, 4) is 0 Å². The Morgan fingerprint density at radius 3 is 1.00 bits per heavy atom. The Hall–Kier alpha value is -3.15. The molecule has 0 radical (unpaired) electrons. The van der Waals surface area contributed by atoms with Crippen LogP contribution in [0.4, 0.5) is 0 Å². The second kappa shape index (κ2) is 51.5. The highest BCUT2D eigenvalue weighted by molar-refractivity contribution is 5.71. The van der Waals surface area contributed by atoms with Crippen LogP contribution >= 0.6 is 0 Å². The van der Waals surface area contributed by atoms with Gasteiger partial charge in [0.1, 0.15) is 13.2 Å². The van der Waals surface area contributed by atoms with Gasteiger partial charge in [0.15, 0.2) is 6.10 Å². The number of ether oxygens (including phenoxy) is 3. The number of carbonyl (C=O) groups is 3. The van der Waals surface area contributed by atoms with Gasteiger partial charge in [-0.25, -0.2) is 0 Å². The number of esters is 3. The number of unbranched alkanes of at least 4 members (excludes halogenated alkanes) is 24. The number of allylic oxidation sites excluding steroid dienone is 12. The van der Waals surface area contributed by atoms with E-state index in [1.54, 1.807) is 0 Å². The molecule has 0 heterocycles. The summed E-state index contributed by atoms with van der Waals surface area (Å²) in [5.41, 5.74) is 0. The Morgan fingerprint density at radius 1 is 0.333 bits per heavy atom. The van der Waals surface area contributed by atoms with Crippen LogP contribution in [0.5, 0.6) is 0 Å². The largest absolute Gasteiger partial charge is 0.462 e. The van der Waals surface area contributed by atoms with Gasteiger partial charge in [-0.15, -0.1) is 0 Å². The monoisotopic (exact) mass is 879 g/mol. The average molecular weight is 879 g/mol. The topological polar surface area (TPSA) is 78.9 Å². The summed E-state index contributed by atoms with van der Waals surface area (Å²) in [6, 6.07) is 0. The maximum absolute atomic E-state index is 12.8. The molecule has 0 aromatic rings. The quantitative estimate of drug-likeness (QED) is 0.0262. The van der Waals surface area contributed by atoms with Gasteiger partial charge in [0.05, 0.1) is 0 Å². The van der Waals surface area contributed by atoms with E-state index in [0.29, 0.717) is 19.3 Å². The Bertz CT molecular complexity index is 1190. The first-order valence-corrected chi connectivity index (χ1v) is 26.4. The minimum Gasteiger partial charge on any atom is -0.462 e. The molecule has 0 bridgehead atoms. The molecule has 0 saturated carbocycles. The second-order valence-corrected chi connectivity index (χ2v) is 17.4. The molecule has 0 aliphatic heterocycles. The first-order valence-electron chi connectivity index (χ1n) is 26.4. The Balaban J connectivity index is 4.39. The molecule has 0 N–H and O–H groups in total. The van der Waals surface area contributed by atoms with Crippen LogP contribution in [-0.2, 0) is 28.6 Å². The molecule has 0 rings (SSSR count). The lowest BCUT2D eigenvalue weighted by atomic mass is 10.1. The summed E-state index contributed by atoms with van der Waals surface area (Å²) < 4.78 is 16.8. The van der Waals surface area contributed by atoms with Crippen LogP contribution in [0.3, 0.4) is 0 Å². The van der Waals surface area contributed by atoms with Crippen molar-refractivity contribution in [2.45, 2.75) is 258 Å². The summed E-state index contributed by atoms with van der Waals surface area (Å²) in [5.74, 6) is -0.915. The van der Waals surface area contributed by atoms with E-state index in [9.17, 15) is 14.4 Å². The molecule has 0 aliphatic carbocycles. The van der Waals surface area contributed by atoms with Crippen LogP contribution in [0.15, 0.2) is 72.9 Å². The van der Waals surface area contributed by atoms with E-state index in [4.69, 9.17) is 14.2 Å². The third-order valence-corrected chi connectivity index (χ3v) is 11.2. The van der Waals surface area contributed by atoms with Gasteiger partial charge in [-0.3, -0.25) is 14.4 Å². The van der Waals surface area contributed by atoms with Gasteiger partial charge in [-0.1, -0.05) is 216 Å². The highest BCUT2D eigenvalue weighted by atomic mass is 16.6. The van der Waals surface area contributed by atoms with Gasteiger partial charge < -0.3 is 14.2 Å². The van der Waals surface area contributed by atoms with Crippen molar-refractivity contribution in [2.24, 2.45) is 0 Å². The minimum atomic E-state index is -0.786. The molecule has 1 atom stereocenters. The maximum atomic E-state index is 12.8. The minimum absolute atomic E-state index is 0.0862. The van der Waals surface area contributed by atoms with Crippen LogP contribution in [0, 0.1) is 0 Å². The molecule has 0 unspecified atom stereocenters. The van der Waals surface area contributed by atoms with Crippen LogP contribution < -0.4 is 0 Å². The third-order valence-electron chi connectivity index (χ3n) is 11.2. The lowest BCUT2D eigenvalue weighted by Gasteiger charge is -2.18. The molecule has 0 aromatic heterocycles. The predicted molar refractivity (Wildman–Crippen MR) is 270 cm³/mol. The van der Waals surface area contributed by atoms with Gasteiger partial charge >= 0.3 is 17.9 Å². The van der Waals surface area contributed by atoms with Gasteiger partial charge in [-0.2, -0.15) is 0 Å². The van der Waals surface area contributed by atoms with Crippen molar-refractivity contribution < 1.29 is 28.6 Å². The van der Waals surface area contributed by atoms with E-state index in [1.165, 1.54) is 103 Å². The normalized spacial score (nSPS) is 12.6. The number of hydrogen-bond donors (Lipinski definition) is 0. The van der Waals surface area contributed by atoms with Gasteiger partial charge in [-0.05, 0) is 89.9 Å². The second-order valence-electron chi connectivity index (χ2n) is 17.4. The van der Waals surface area contributed by atoms with E-state index in [2.05, 4.69) is 93.7 Å². The Labute approximate surface area is 389 Å². The molecule has 0 aromatic carbocycles. The van der Waals surface area contributed by atoms with E-state index < -0.39 is 6.10 Å². The van der Waals surface area contributed by atoms with E-state index >= 15 is 0 Å². The average Bonchev–Trinajstić information content (AvgIpc) is 3.28. The summed E-state index contributed by atoms with van der Waals surface area (Å²) in [6.07, 6.45) is 64.5. The molecule has 0 saturated heterocycles. The smallest absolute Gasteiger partial charge is 0.306 e. The van der Waals surface area contributed by atoms with Crippen LogP contribution in [0.2, 0.25) is 0 Å². The molecule has 362 valence electrons. The molecule has 0 aliphatic rings. The molecule has 6 nitrogen and oxygen atoms in total. The molecule has 0 fully saturated rings. The maximum Gasteiger partial charge on any atom is 0.306 e. The fourth-order valence-corrected chi connectivity index (χ4v) is 7.23. The zero-order valence-corrected chi connectivity index (χ0v) is 41.3. The van der Waals surface area contributed by atoms with Crippen molar-refractivity contribution >= 4 is 17.9 Å². The van der Waals surface area contributed by atoms with Crippen LogP contribution in [-0.4, -0.2) is 37.2 Å². The fourth-order valence-electron chi connectivity index (χ4n) is 7.23. The lowest BCUT2D eigenvalue weighted by Crippen LogP contribution is -2.30. The van der Waals surface area contributed by atoms with Gasteiger partial charge in [0.2, 0.25) is 0 Å². The zero-order valence-electron chi connectivity index (χ0n) is 41.3. The van der Waals surface area contributed by atoms with E-state index in [1.807, 2.05) is 0 Å². The molecule has 63 heavy (non-hydrogen) atoms. The predicted octanol–water partition coefficient (Wildman–Crippen LogP) is 17.4. The van der Waals surface area contributed by atoms with Crippen LogP contribution in [0.25, 0.3) is 0 Å². The van der Waals surface area contributed by atoms with Crippen molar-refractivity contribution in [1.29, 1.82) is 0 Å². The Kier molecular flexibility index (Phi) is 48.9. The number of rotatable bonds is 47. The summed E-state index contributed by atoms with van der Waals surface area (Å²) in [6.45, 7) is 6.47. The van der Waals surface area contributed by atoms with E-state index in [-0.39, 0.29) is 31.1 Å². The van der Waals surface area contributed by atoms with Crippen LogP contribution in [0.1, 0.15) is 252 Å². The first kappa shape index (κ1) is 59.9. The SMILES string of the molecule is CC/C=C\C/C=C\C/C=C\C/C=C\CCCCCCC(=O)OC[C@H](COC(=O)CCCCCCCCC/C=C\C/C=C\CCCCC)OC(=O)CCCCCCCCCCCCC. The molecule has 6 heteroatoms. The highest BCUT2D eigenvalue weighted by Crippen LogP contribution is 2.15. The first-order chi connectivity index (χ1) is 31.0. The molecule has 0 spiro atoms. The lowest BCUT2D eigenvalue weighted by molar-refractivity contribution is -0.167. The summed E-state index contributed by atoms with van der Waals surface area (Å²) in [5, 5.41) is 0. The Morgan fingerprint density at radius 2 is 0.619 bits per heavy atom. The number of hydrogen-bond acceptors (Lipinski definition) is 6. The number of carbonyl (C=O) groups excluding carboxylic acids is 3. The molecular formula is C57H98O6.